The van der Waals surface area contributed by atoms with Crippen molar-refractivity contribution in [3.05, 3.63) is 23.9 Å². The number of thiocarbonyl (C=S) groups is 1. The Balaban J connectivity index is 1.60. The normalized spacial score (nSPS) is 21.4. The minimum atomic E-state index is 0.375. The molecule has 1 aromatic heterocycles. The van der Waals surface area contributed by atoms with Crippen LogP contribution in [0.4, 0.5) is 5.82 Å². The molecule has 4 nitrogen and oxygen atoms in total. The lowest BCUT2D eigenvalue weighted by molar-refractivity contribution is 0.141. The van der Waals surface area contributed by atoms with Gasteiger partial charge < -0.3 is 15.5 Å². The van der Waals surface area contributed by atoms with Gasteiger partial charge >= 0.3 is 0 Å². The van der Waals surface area contributed by atoms with E-state index in [0.29, 0.717) is 4.99 Å². The number of anilines is 1. The molecule has 5 heteroatoms. The highest BCUT2D eigenvalue weighted by atomic mass is 32.1. The molecule has 2 aliphatic rings. The van der Waals surface area contributed by atoms with Gasteiger partial charge in [-0.05, 0) is 50.9 Å². The summed E-state index contributed by atoms with van der Waals surface area (Å²) in [4.78, 5) is 10.0. The molecule has 0 unspecified atom stereocenters. The highest BCUT2D eigenvalue weighted by molar-refractivity contribution is 7.80. The maximum atomic E-state index is 5.68. The third-order valence-corrected chi connectivity index (χ3v) is 4.89. The van der Waals surface area contributed by atoms with E-state index in [1.54, 1.807) is 0 Å². The van der Waals surface area contributed by atoms with E-state index in [9.17, 15) is 0 Å². The van der Waals surface area contributed by atoms with E-state index in [1.165, 1.54) is 45.2 Å². The Morgan fingerprint density at radius 3 is 2.48 bits per heavy atom. The average Bonchev–Trinajstić information content (AvgIpc) is 2.56. The second-order valence-electron chi connectivity index (χ2n) is 6.06. The summed E-state index contributed by atoms with van der Waals surface area (Å²) in [5.41, 5.74) is 6.40. The summed E-state index contributed by atoms with van der Waals surface area (Å²) in [5, 5.41) is 0. The SMILES string of the molecule is NC(=S)c1cccc(N2CCC(N3CCCCC3)CC2)n1. The summed E-state index contributed by atoms with van der Waals surface area (Å²) in [5.74, 6) is 1.01. The van der Waals surface area contributed by atoms with Crippen LogP contribution in [0.3, 0.4) is 0 Å². The third-order valence-electron chi connectivity index (χ3n) is 4.68. The first kappa shape index (κ1) is 14.7. The number of rotatable bonds is 3. The van der Waals surface area contributed by atoms with Crippen LogP contribution in [0, 0.1) is 0 Å². The smallest absolute Gasteiger partial charge is 0.129 e. The Morgan fingerprint density at radius 2 is 1.81 bits per heavy atom. The quantitative estimate of drug-likeness (QED) is 0.867. The predicted molar refractivity (Wildman–Crippen MR) is 90.8 cm³/mol. The van der Waals surface area contributed by atoms with E-state index in [0.717, 1.165) is 30.6 Å². The zero-order valence-corrected chi connectivity index (χ0v) is 13.3. The zero-order valence-electron chi connectivity index (χ0n) is 12.5. The second kappa shape index (κ2) is 6.71. The van der Waals surface area contributed by atoms with Crippen molar-refractivity contribution in [1.82, 2.24) is 9.88 Å². The van der Waals surface area contributed by atoms with Crippen LogP contribution in [0.15, 0.2) is 18.2 Å². The number of pyridine rings is 1. The monoisotopic (exact) mass is 304 g/mol. The van der Waals surface area contributed by atoms with Crippen LogP contribution in [0.2, 0.25) is 0 Å². The lowest BCUT2D eigenvalue weighted by Gasteiger charge is -2.40. The zero-order chi connectivity index (χ0) is 14.7. The van der Waals surface area contributed by atoms with Crippen LogP contribution in [0.5, 0.6) is 0 Å². The van der Waals surface area contributed by atoms with Gasteiger partial charge in [0.2, 0.25) is 0 Å². The summed E-state index contributed by atoms with van der Waals surface area (Å²) >= 11 is 5.02. The fourth-order valence-corrected chi connectivity index (χ4v) is 3.59. The van der Waals surface area contributed by atoms with Gasteiger partial charge in [-0.25, -0.2) is 4.98 Å². The van der Waals surface area contributed by atoms with Gasteiger partial charge in [0.25, 0.3) is 0 Å². The second-order valence-corrected chi connectivity index (χ2v) is 6.50. The summed E-state index contributed by atoms with van der Waals surface area (Å²) < 4.78 is 0. The molecule has 0 radical (unpaired) electrons. The standard InChI is InChI=1S/C16H24N4S/c17-16(21)14-5-4-6-15(18-14)20-11-7-13(8-12-20)19-9-2-1-3-10-19/h4-6,13H,1-3,7-12H2,(H2,17,21). The van der Waals surface area contributed by atoms with Crippen LogP contribution < -0.4 is 10.6 Å². The van der Waals surface area contributed by atoms with E-state index in [2.05, 4.69) is 20.9 Å². The van der Waals surface area contributed by atoms with Crippen molar-refractivity contribution in [1.29, 1.82) is 0 Å². The Bertz CT molecular complexity index is 491. The number of hydrogen-bond acceptors (Lipinski definition) is 4. The molecule has 2 aliphatic heterocycles. The Kier molecular flexibility index (Phi) is 4.70. The third kappa shape index (κ3) is 3.52. The van der Waals surface area contributed by atoms with Gasteiger partial charge in [0.15, 0.2) is 0 Å². The summed E-state index contributed by atoms with van der Waals surface area (Å²) in [6.45, 7) is 4.74. The van der Waals surface area contributed by atoms with Gasteiger partial charge in [-0.1, -0.05) is 24.7 Å². The van der Waals surface area contributed by atoms with Crippen LogP contribution in [0.25, 0.3) is 0 Å². The summed E-state index contributed by atoms with van der Waals surface area (Å²) in [6, 6.07) is 6.70. The molecule has 2 fully saturated rings. The van der Waals surface area contributed by atoms with Gasteiger partial charge in [-0.15, -0.1) is 0 Å². The van der Waals surface area contributed by atoms with Gasteiger partial charge in [-0.3, -0.25) is 0 Å². The number of piperidine rings is 2. The van der Waals surface area contributed by atoms with Crippen LogP contribution in [0.1, 0.15) is 37.8 Å². The molecule has 0 aromatic carbocycles. The molecule has 3 rings (SSSR count). The minimum absolute atomic E-state index is 0.375. The maximum Gasteiger partial charge on any atom is 0.129 e. The van der Waals surface area contributed by atoms with Crippen molar-refractivity contribution in [2.45, 2.75) is 38.1 Å². The highest BCUT2D eigenvalue weighted by Crippen LogP contribution is 2.23. The molecule has 0 aliphatic carbocycles. The molecule has 0 saturated carbocycles. The molecule has 0 bridgehead atoms. The molecule has 3 heterocycles. The van der Waals surface area contributed by atoms with E-state index >= 15 is 0 Å². The molecule has 0 amide bonds. The van der Waals surface area contributed by atoms with E-state index in [-0.39, 0.29) is 0 Å². The van der Waals surface area contributed by atoms with Crippen LogP contribution in [-0.4, -0.2) is 47.1 Å². The van der Waals surface area contributed by atoms with Gasteiger partial charge in [0.1, 0.15) is 10.8 Å². The van der Waals surface area contributed by atoms with Crippen molar-refractivity contribution >= 4 is 23.0 Å². The van der Waals surface area contributed by atoms with E-state index in [4.69, 9.17) is 18.0 Å². The highest BCUT2D eigenvalue weighted by Gasteiger charge is 2.26. The molecular formula is C16H24N4S. The van der Waals surface area contributed by atoms with E-state index in [1.807, 2.05) is 12.1 Å². The minimum Gasteiger partial charge on any atom is -0.388 e. The van der Waals surface area contributed by atoms with Gasteiger partial charge in [-0.2, -0.15) is 0 Å². The largest absolute Gasteiger partial charge is 0.388 e. The Hall–Kier alpha value is -1.20. The average molecular weight is 304 g/mol. The maximum absolute atomic E-state index is 5.68. The van der Waals surface area contributed by atoms with Gasteiger partial charge in [0, 0.05) is 19.1 Å². The first-order valence-corrected chi connectivity index (χ1v) is 8.41. The summed E-state index contributed by atoms with van der Waals surface area (Å²) in [7, 11) is 0. The summed E-state index contributed by atoms with van der Waals surface area (Å²) in [6.07, 6.45) is 6.62. The van der Waals surface area contributed by atoms with Crippen molar-refractivity contribution in [3.8, 4) is 0 Å². The topological polar surface area (TPSA) is 45.4 Å². The first-order valence-electron chi connectivity index (χ1n) is 8.00. The number of aromatic nitrogens is 1. The molecule has 0 atom stereocenters. The number of hydrogen-bond donors (Lipinski definition) is 1. The van der Waals surface area contributed by atoms with Crippen molar-refractivity contribution in [3.63, 3.8) is 0 Å². The Labute approximate surface area is 132 Å². The molecule has 0 spiro atoms. The molecule has 2 saturated heterocycles. The van der Waals surface area contributed by atoms with E-state index < -0.39 is 0 Å². The lowest BCUT2D eigenvalue weighted by Crippen LogP contribution is -2.47. The molecule has 114 valence electrons. The fourth-order valence-electron chi connectivity index (χ4n) is 3.48. The number of likely N-dealkylation sites (tertiary alicyclic amines) is 1. The molecule has 2 N–H and O–H groups in total. The lowest BCUT2D eigenvalue weighted by atomic mass is 10.00. The Morgan fingerprint density at radius 1 is 1.10 bits per heavy atom. The molecule has 21 heavy (non-hydrogen) atoms. The molecule has 1 aromatic rings. The first-order chi connectivity index (χ1) is 10.2. The molecular weight excluding hydrogens is 280 g/mol. The van der Waals surface area contributed by atoms with Crippen molar-refractivity contribution in [2.75, 3.05) is 31.1 Å². The van der Waals surface area contributed by atoms with Crippen LogP contribution >= 0.6 is 12.2 Å². The van der Waals surface area contributed by atoms with Crippen molar-refractivity contribution in [2.24, 2.45) is 5.73 Å². The number of nitrogens with two attached hydrogens (primary N) is 1. The van der Waals surface area contributed by atoms with Crippen LogP contribution in [-0.2, 0) is 0 Å². The fraction of sp³-hybridized carbons (Fsp3) is 0.625. The number of nitrogens with zero attached hydrogens (tertiary/aromatic N) is 3. The van der Waals surface area contributed by atoms with Crippen molar-refractivity contribution < 1.29 is 0 Å². The predicted octanol–water partition coefficient (Wildman–Crippen LogP) is 2.17. The van der Waals surface area contributed by atoms with Gasteiger partial charge in [0.05, 0.1) is 5.69 Å².